The number of hydrogen-bond acceptors (Lipinski definition) is 2. The number of carbonyl (C=O) groups is 1. The Bertz CT molecular complexity index is 553. The number of rotatable bonds is 3. The molecule has 0 unspecified atom stereocenters. The van der Waals surface area contributed by atoms with Crippen molar-refractivity contribution in [2.45, 2.75) is 0 Å². The number of benzene rings is 2. The van der Waals surface area contributed by atoms with Crippen molar-refractivity contribution >= 4 is 6.47 Å². The third-order valence-electron chi connectivity index (χ3n) is 2.29. The van der Waals surface area contributed by atoms with E-state index in [0.717, 1.165) is 6.07 Å². The van der Waals surface area contributed by atoms with E-state index in [1.807, 2.05) is 0 Å². The Labute approximate surface area is 96.5 Å². The third-order valence-corrected chi connectivity index (χ3v) is 2.29. The average Bonchev–Trinajstić information content (AvgIpc) is 2.31. The Kier molecular flexibility index (Phi) is 3.14. The second kappa shape index (κ2) is 4.74. The number of carbonyl (C=O) groups excluding carboxylic acids is 1. The smallest absolute Gasteiger partial charge is 0.298 e. The third kappa shape index (κ3) is 2.30. The highest BCUT2D eigenvalue weighted by Gasteiger charge is 2.10. The molecule has 4 heteroatoms. The number of halogens is 2. The summed E-state index contributed by atoms with van der Waals surface area (Å²) in [5.74, 6) is -1.07. The summed E-state index contributed by atoms with van der Waals surface area (Å²) in [4.78, 5) is 10.1. The van der Waals surface area contributed by atoms with Gasteiger partial charge in [0.05, 0.1) is 0 Å². The van der Waals surface area contributed by atoms with Gasteiger partial charge in [-0.15, -0.1) is 0 Å². The Morgan fingerprint density at radius 3 is 2.29 bits per heavy atom. The summed E-state index contributed by atoms with van der Waals surface area (Å²) in [5.41, 5.74) is 0.295. The van der Waals surface area contributed by atoms with Crippen LogP contribution in [-0.4, -0.2) is 6.47 Å². The molecule has 2 rings (SSSR count). The van der Waals surface area contributed by atoms with Gasteiger partial charge in [-0.3, -0.25) is 4.79 Å². The summed E-state index contributed by atoms with van der Waals surface area (Å²) < 4.78 is 31.6. The molecular weight excluding hydrogens is 226 g/mol. The van der Waals surface area contributed by atoms with Crippen molar-refractivity contribution in [3.63, 3.8) is 0 Å². The molecule has 2 aromatic rings. The number of hydrogen-bond donors (Lipinski definition) is 0. The lowest BCUT2D eigenvalue weighted by Gasteiger charge is -2.06. The Morgan fingerprint density at radius 2 is 1.65 bits per heavy atom. The first kappa shape index (κ1) is 11.3. The van der Waals surface area contributed by atoms with Crippen LogP contribution in [0.15, 0.2) is 42.5 Å². The molecule has 0 saturated carbocycles. The van der Waals surface area contributed by atoms with Crippen LogP contribution in [-0.2, 0) is 4.79 Å². The van der Waals surface area contributed by atoms with Crippen molar-refractivity contribution in [3.05, 3.63) is 54.1 Å². The van der Waals surface area contributed by atoms with Crippen molar-refractivity contribution in [1.82, 2.24) is 0 Å². The van der Waals surface area contributed by atoms with Crippen molar-refractivity contribution in [1.29, 1.82) is 0 Å². The highest BCUT2D eigenvalue weighted by atomic mass is 19.1. The summed E-state index contributed by atoms with van der Waals surface area (Å²) in [5, 5.41) is 0. The standard InChI is InChI=1S/C13H8F2O2/c14-12-4-2-1-3-10(12)11-6-5-9(17-8-16)7-13(11)15/h1-8H. The lowest BCUT2D eigenvalue weighted by Crippen LogP contribution is -1.92. The molecule has 0 amide bonds. The van der Waals surface area contributed by atoms with Gasteiger partial charge in [0.15, 0.2) is 0 Å². The molecule has 0 aliphatic heterocycles. The lowest BCUT2D eigenvalue weighted by molar-refractivity contribution is -0.120. The van der Waals surface area contributed by atoms with E-state index in [1.54, 1.807) is 6.07 Å². The summed E-state index contributed by atoms with van der Waals surface area (Å²) in [6, 6.07) is 9.69. The normalized spacial score (nSPS) is 10.0. The van der Waals surface area contributed by atoms with Crippen LogP contribution in [0.25, 0.3) is 11.1 Å². The molecule has 0 bridgehead atoms. The Morgan fingerprint density at radius 1 is 0.941 bits per heavy atom. The van der Waals surface area contributed by atoms with Gasteiger partial charge in [-0.25, -0.2) is 8.78 Å². The van der Waals surface area contributed by atoms with Gasteiger partial charge >= 0.3 is 0 Å². The Balaban J connectivity index is 2.47. The van der Waals surface area contributed by atoms with Crippen molar-refractivity contribution in [2.24, 2.45) is 0 Å². The van der Waals surface area contributed by atoms with Crippen LogP contribution < -0.4 is 4.74 Å². The predicted molar refractivity (Wildman–Crippen MR) is 58.5 cm³/mol. The molecule has 0 saturated heterocycles. The highest BCUT2D eigenvalue weighted by molar-refractivity contribution is 5.66. The molecule has 86 valence electrons. The van der Waals surface area contributed by atoms with Crippen LogP contribution in [0.3, 0.4) is 0 Å². The molecule has 0 aliphatic rings. The van der Waals surface area contributed by atoms with Crippen LogP contribution in [0.2, 0.25) is 0 Å². The first-order chi connectivity index (χ1) is 8.22. The van der Waals surface area contributed by atoms with Crippen LogP contribution in [0.1, 0.15) is 0 Å². The van der Waals surface area contributed by atoms with E-state index in [1.165, 1.54) is 30.3 Å². The first-order valence-electron chi connectivity index (χ1n) is 4.87. The minimum atomic E-state index is -0.644. The summed E-state index contributed by atoms with van der Waals surface area (Å²) in [7, 11) is 0. The predicted octanol–water partition coefficient (Wildman–Crippen LogP) is 3.17. The van der Waals surface area contributed by atoms with Gasteiger partial charge in [0.1, 0.15) is 17.4 Å². The first-order valence-corrected chi connectivity index (χ1v) is 4.87. The Hall–Kier alpha value is -2.23. The minimum absolute atomic E-state index is 0.0811. The van der Waals surface area contributed by atoms with E-state index < -0.39 is 11.6 Å². The summed E-state index contributed by atoms with van der Waals surface area (Å²) in [6.07, 6.45) is 0. The fourth-order valence-corrected chi connectivity index (χ4v) is 1.52. The highest BCUT2D eigenvalue weighted by Crippen LogP contribution is 2.27. The molecule has 0 atom stereocenters. The quantitative estimate of drug-likeness (QED) is 0.762. The molecule has 0 fully saturated rings. The van der Waals surface area contributed by atoms with Gasteiger partial charge in [0.25, 0.3) is 6.47 Å². The van der Waals surface area contributed by atoms with Gasteiger partial charge in [-0.2, -0.15) is 0 Å². The monoisotopic (exact) mass is 234 g/mol. The molecule has 0 heterocycles. The van der Waals surface area contributed by atoms with Gasteiger partial charge in [-0.05, 0) is 18.2 Å². The summed E-state index contributed by atoms with van der Waals surface area (Å²) in [6.45, 7) is 0.206. The molecule has 0 aliphatic carbocycles. The second-order valence-electron chi connectivity index (χ2n) is 3.34. The molecule has 2 nitrogen and oxygen atoms in total. The molecule has 0 spiro atoms. The molecular formula is C13H8F2O2. The molecule has 0 radical (unpaired) electrons. The SMILES string of the molecule is O=COc1ccc(-c2ccccc2F)c(F)c1. The second-order valence-corrected chi connectivity index (χ2v) is 3.34. The topological polar surface area (TPSA) is 26.3 Å². The van der Waals surface area contributed by atoms with E-state index in [9.17, 15) is 13.6 Å². The largest absolute Gasteiger partial charge is 0.429 e. The van der Waals surface area contributed by atoms with E-state index >= 15 is 0 Å². The van der Waals surface area contributed by atoms with Crippen molar-refractivity contribution < 1.29 is 18.3 Å². The zero-order valence-electron chi connectivity index (χ0n) is 8.69. The maximum Gasteiger partial charge on any atom is 0.298 e. The molecule has 17 heavy (non-hydrogen) atoms. The fourth-order valence-electron chi connectivity index (χ4n) is 1.52. The van der Waals surface area contributed by atoms with E-state index in [-0.39, 0.29) is 23.3 Å². The van der Waals surface area contributed by atoms with Crippen LogP contribution in [0.4, 0.5) is 8.78 Å². The fraction of sp³-hybridized carbons (Fsp3) is 0. The maximum atomic E-state index is 13.7. The van der Waals surface area contributed by atoms with Crippen LogP contribution >= 0.6 is 0 Å². The van der Waals surface area contributed by atoms with E-state index in [2.05, 4.69) is 4.74 Å². The van der Waals surface area contributed by atoms with Gasteiger partial charge in [0.2, 0.25) is 0 Å². The van der Waals surface area contributed by atoms with Gasteiger partial charge in [0, 0.05) is 17.2 Å². The lowest BCUT2D eigenvalue weighted by atomic mass is 10.0. The molecule has 0 aromatic heterocycles. The molecule has 0 N–H and O–H groups in total. The minimum Gasteiger partial charge on any atom is -0.429 e. The van der Waals surface area contributed by atoms with Gasteiger partial charge < -0.3 is 4.74 Å². The molecule has 2 aromatic carbocycles. The van der Waals surface area contributed by atoms with Gasteiger partial charge in [-0.1, -0.05) is 18.2 Å². The van der Waals surface area contributed by atoms with Crippen molar-refractivity contribution in [3.8, 4) is 16.9 Å². The van der Waals surface area contributed by atoms with E-state index in [4.69, 9.17) is 0 Å². The van der Waals surface area contributed by atoms with E-state index in [0.29, 0.717) is 0 Å². The summed E-state index contributed by atoms with van der Waals surface area (Å²) >= 11 is 0. The maximum absolute atomic E-state index is 13.7. The average molecular weight is 234 g/mol. The zero-order chi connectivity index (χ0) is 12.3. The zero-order valence-corrected chi connectivity index (χ0v) is 8.69. The van der Waals surface area contributed by atoms with Crippen LogP contribution in [0, 0.1) is 11.6 Å². The van der Waals surface area contributed by atoms with Crippen LogP contribution in [0.5, 0.6) is 5.75 Å². The van der Waals surface area contributed by atoms with Crippen molar-refractivity contribution in [2.75, 3.05) is 0 Å². The number of ether oxygens (including phenoxy) is 1.